The monoisotopic (exact) mass is 272 g/mol. The van der Waals surface area contributed by atoms with Crippen molar-refractivity contribution in [2.75, 3.05) is 19.0 Å². The van der Waals surface area contributed by atoms with Gasteiger partial charge in [0.05, 0.1) is 17.6 Å². The molecule has 0 amide bonds. The number of aliphatic hydroxyl groups excluding tert-OH is 1. The summed E-state index contributed by atoms with van der Waals surface area (Å²) in [4.78, 5) is 2.03. The summed E-state index contributed by atoms with van der Waals surface area (Å²) in [6, 6.07) is 10.3. The van der Waals surface area contributed by atoms with Crippen LogP contribution < -0.4 is 4.90 Å². The zero-order valence-electron chi connectivity index (χ0n) is 12.6. The van der Waals surface area contributed by atoms with Gasteiger partial charge in [0, 0.05) is 19.8 Å². The van der Waals surface area contributed by atoms with Crippen LogP contribution in [-0.4, -0.2) is 19.2 Å². The molecule has 1 atom stereocenters. The molecule has 0 saturated heterocycles. The first kappa shape index (κ1) is 14.9. The molecule has 2 rings (SSSR count). The average Bonchev–Trinajstić information content (AvgIpc) is 2.48. The molecule has 0 aliphatic heterocycles. The van der Waals surface area contributed by atoms with E-state index in [0.29, 0.717) is 5.92 Å². The van der Waals surface area contributed by atoms with Crippen LogP contribution >= 0.6 is 0 Å². The Kier molecular flexibility index (Phi) is 4.35. The number of nitrogens with zero attached hydrogens (tertiary/aromatic N) is 2. The van der Waals surface area contributed by atoms with Crippen LogP contribution in [0.15, 0.2) is 24.3 Å². The SMILES string of the molecule is CC1CCC(C#N)(C(O)c2ccc(N(C)C)cc2)CC1. The molecule has 1 aromatic carbocycles. The summed E-state index contributed by atoms with van der Waals surface area (Å²) in [5.41, 5.74) is 1.35. The number of anilines is 1. The van der Waals surface area contributed by atoms with E-state index in [1.807, 2.05) is 43.3 Å². The van der Waals surface area contributed by atoms with E-state index in [1.165, 1.54) is 0 Å². The van der Waals surface area contributed by atoms with E-state index in [1.54, 1.807) is 0 Å². The van der Waals surface area contributed by atoms with Gasteiger partial charge in [-0.05, 0) is 49.3 Å². The maximum Gasteiger partial charge on any atom is 0.0976 e. The van der Waals surface area contributed by atoms with Crippen molar-refractivity contribution in [1.82, 2.24) is 0 Å². The summed E-state index contributed by atoms with van der Waals surface area (Å²) in [6.45, 7) is 2.22. The number of aliphatic hydroxyl groups is 1. The van der Waals surface area contributed by atoms with E-state index < -0.39 is 11.5 Å². The minimum Gasteiger partial charge on any atom is -0.387 e. The molecule has 3 heteroatoms. The Morgan fingerprint density at radius 2 is 1.80 bits per heavy atom. The second-order valence-electron chi connectivity index (χ2n) is 6.34. The van der Waals surface area contributed by atoms with Gasteiger partial charge < -0.3 is 10.0 Å². The molecule has 1 fully saturated rings. The van der Waals surface area contributed by atoms with Crippen molar-refractivity contribution in [3.63, 3.8) is 0 Å². The lowest BCUT2D eigenvalue weighted by Gasteiger charge is -2.37. The third-order valence-corrected chi connectivity index (χ3v) is 4.64. The first-order chi connectivity index (χ1) is 9.48. The molecule has 0 heterocycles. The molecule has 1 aliphatic carbocycles. The highest BCUT2D eigenvalue weighted by atomic mass is 16.3. The molecule has 1 aromatic rings. The Hall–Kier alpha value is -1.53. The molecule has 1 unspecified atom stereocenters. The highest BCUT2D eigenvalue weighted by Crippen LogP contribution is 2.47. The molecule has 1 saturated carbocycles. The van der Waals surface area contributed by atoms with Gasteiger partial charge >= 0.3 is 0 Å². The van der Waals surface area contributed by atoms with Crippen LogP contribution in [0.3, 0.4) is 0 Å². The van der Waals surface area contributed by atoms with Gasteiger partial charge in [-0.1, -0.05) is 19.1 Å². The van der Waals surface area contributed by atoms with Crippen molar-refractivity contribution in [3.05, 3.63) is 29.8 Å². The van der Waals surface area contributed by atoms with Crippen LogP contribution in [-0.2, 0) is 0 Å². The van der Waals surface area contributed by atoms with Crippen molar-refractivity contribution in [2.24, 2.45) is 11.3 Å². The van der Waals surface area contributed by atoms with Crippen LogP contribution in [0.4, 0.5) is 5.69 Å². The van der Waals surface area contributed by atoms with Crippen LogP contribution in [0.5, 0.6) is 0 Å². The van der Waals surface area contributed by atoms with Crippen LogP contribution in [0, 0.1) is 22.7 Å². The molecule has 0 bridgehead atoms. The van der Waals surface area contributed by atoms with Crippen molar-refractivity contribution in [3.8, 4) is 6.07 Å². The largest absolute Gasteiger partial charge is 0.387 e. The summed E-state index contributed by atoms with van der Waals surface area (Å²) >= 11 is 0. The van der Waals surface area contributed by atoms with Crippen LogP contribution in [0.25, 0.3) is 0 Å². The lowest BCUT2D eigenvalue weighted by molar-refractivity contribution is 0.0266. The molecule has 1 aliphatic rings. The molecule has 3 nitrogen and oxygen atoms in total. The molecule has 1 N–H and O–H groups in total. The van der Waals surface area contributed by atoms with Crippen molar-refractivity contribution in [2.45, 2.75) is 38.7 Å². The van der Waals surface area contributed by atoms with Crippen molar-refractivity contribution < 1.29 is 5.11 Å². The van der Waals surface area contributed by atoms with E-state index in [4.69, 9.17) is 0 Å². The average molecular weight is 272 g/mol. The summed E-state index contributed by atoms with van der Waals surface area (Å²) < 4.78 is 0. The van der Waals surface area contributed by atoms with Crippen molar-refractivity contribution >= 4 is 5.69 Å². The van der Waals surface area contributed by atoms with Gasteiger partial charge in [-0.2, -0.15) is 5.26 Å². The van der Waals surface area contributed by atoms with Gasteiger partial charge in [0.1, 0.15) is 0 Å². The van der Waals surface area contributed by atoms with E-state index in [0.717, 1.165) is 36.9 Å². The van der Waals surface area contributed by atoms with Crippen LogP contribution in [0.2, 0.25) is 0 Å². The van der Waals surface area contributed by atoms with Crippen molar-refractivity contribution in [1.29, 1.82) is 5.26 Å². The first-order valence-corrected chi connectivity index (χ1v) is 7.35. The summed E-state index contributed by atoms with van der Waals surface area (Å²) in [6.07, 6.45) is 2.96. The summed E-state index contributed by atoms with van der Waals surface area (Å²) in [7, 11) is 3.98. The van der Waals surface area contributed by atoms with Gasteiger partial charge in [-0.15, -0.1) is 0 Å². The number of benzene rings is 1. The topological polar surface area (TPSA) is 47.3 Å². The molecule has 0 radical (unpaired) electrons. The van der Waals surface area contributed by atoms with E-state index in [2.05, 4.69) is 13.0 Å². The predicted octanol–water partition coefficient (Wildman–Crippen LogP) is 3.51. The van der Waals surface area contributed by atoms with E-state index in [9.17, 15) is 10.4 Å². The minimum absolute atomic E-state index is 0.605. The molecular formula is C17H24N2O. The molecule has 108 valence electrons. The number of rotatable bonds is 3. The fraction of sp³-hybridized carbons (Fsp3) is 0.588. The fourth-order valence-corrected chi connectivity index (χ4v) is 3.00. The van der Waals surface area contributed by atoms with Gasteiger partial charge in [0.2, 0.25) is 0 Å². The lowest BCUT2D eigenvalue weighted by atomic mass is 9.67. The molecule has 0 aromatic heterocycles. The van der Waals surface area contributed by atoms with Gasteiger partial charge in [0.15, 0.2) is 0 Å². The minimum atomic E-state index is -0.684. The molecule has 0 spiro atoms. The lowest BCUT2D eigenvalue weighted by Crippen LogP contribution is -2.32. The quantitative estimate of drug-likeness (QED) is 0.916. The Bertz CT molecular complexity index is 479. The maximum absolute atomic E-state index is 10.7. The van der Waals surface area contributed by atoms with E-state index >= 15 is 0 Å². The number of hydrogen-bond acceptors (Lipinski definition) is 3. The zero-order chi connectivity index (χ0) is 14.8. The maximum atomic E-state index is 10.7. The third kappa shape index (κ3) is 2.81. The fourth-order valence-electron chi connectivity index (χ4n) is 3.00. The Morgan fingerprint density at radius 1 is 1.25 bits per heavy atom. The van der Waals surface area contributed by atoms with Gasteiger partial charge in [0.25, 0.3) is 0 Å². The first-order valence-electron chi connectivity index (χ1n) is 7.35. The predicted molar refractivity (Wildman–Crippen MR) is 81.4 cm³/mol. The van der Waals surface area contributed by atoms with Gasteiger partial charge in [-0.25, -0.2) is 0 Å². The Morgan fingerprint density at radius 3 is 2.25 bits per heavy atom. The number of hydrogen-bond donors (Lipinski definition) is 1. The second kappa shape index (κ2) is 5.85. The van der Waals surface area contributed by atoms with Crippen LogP contribution in [0.1, 0.15) is 44.3 Å². The number of nitriles is 1. The highest BCUT2D eigenvalue weighted by molar-refractivity contribution is 5.46. The molecule has 20 heavy (non-hydrogen) atoms. The zero-order valence-corrected chi connectivity index (χ0v) is 12.6. The Balaban J connectivity index is 2.20. The second-order valence-corrected chi connectivity index (χ2v) is 6.34. The third-order valence-electron chi connectivity index (χ3n) is 4.64. The molecular weight excluding hydrogens is 248 g/mol. The summed E-state index contributed by atoms with van der Waals surface area (Å²) in [5.74, 6) is 0.666. The van der Waals surface area contributed by atoms with Gasteiger partial charge in [-0.3, -0.25) is 0 Å². The van der Waals surface area contributed by atoms with E-state index in [-0.39, 0.29) is 0 Å². The normalized spacial score (nSPS) is 27.6. The standard InChI is InChI=1S/C17H24N2O/c1-13-8-10-17(12-18,11-9-13)16(20)14-4-6-15(7-5-14)19(2)3/h4-7,13,16,20H,8-11H2,1-3H3. The highest BCUT2D eigenvalue weighted by Gasteiger charge is 2.41. The smallest absolute Gasteiger partial charge is 0.0976 e. The summed E-state index contributed by atoms with van der Waals surface area (Å²) in [5, 5.41) is 20.3. The Labute approximate surface area is 121 Å².